The molecule has 0 radical (unpaired) electrons. The lowest BCUT2D eigenvalue weighted by Gasteiger charge is -2.06. The lowest BCUT2D eigenvalue weighted by molar-refractivity contribution is 0.00783. The Bertz CT molecular complexity index is 550. The van der Waals surface area contributed by atoms with Crippen LogP contribution in [-0.4, -0.2) is 36.1 Å². The highest BCUT2D eigenvalue weighted by atomic mass is 16.7. The molecular formula is C15H16N2O3. The molecule has 0 spiro atoms. The van der Waals surface area contributed by atoms with Crippen LogP contribution in [0.3, 0.4) is 0 Å². The average Bonchev–Trinajstić information content (AvgIpc) is 3.29. The van der Waals surface area contributed by atoms with Crippen molar-refractivity contribution >= 4 is 0 Å². The number of ether oxygens (including phenoxy) is 3. The highest BCUT2D eigenvalue weighted by Crippen LogP contribution is 2.17. The third-order valence-electron chi connectivity index (χ3n) is 2.95. The van der Waals surface area contributed by atoms with Gasteiger partial charge in [-0.05, 0) is 6.92 Å². The van der Waals surface area contributed by atoms with E-state index in [9.17, 15) is 0 Å². The standard InChI is InChI=1S/C15H16N2O3/c1-11-2-4-12(5-3-11)15-16-6-13(7-17-15)20-10-18-8-14-9-19-14/h2-7,14H,8-10H2,1H3. The van der Waals surface area contributed by atoms with Gasteiger partial charge >= 0.3 is 0 Å². The lowest BCUT2D eigenvalue weighted by Crippen LogP contribution is -2.08. The normalized spacial score (nSPS) is 16.9. The zero-order valence-electron chi connectivity index (χ0n) is 11.3. The summed E-state index contributed by atoms with van der Waals surface area (Å²) in [6.07, 6.45) is 3.55. The number of benzene rings is 1. The summed E-state index contributed by atoms with van der Waals surface area (Å²) in [5, 5.41) is 0. The van der Waals surface area contributed by atoms with Gasteiger partial charge in [-0.1, -0.05) is 29.8 Å². The van der Waals surface area contributed by atoms with E-state index in [-0.39, 0.29) is 12.9 Å². The van der Waals surface area contributed by atoms with Gasteiger partial charge in [0, 0.05) is 5.56 Å². The van der Waals surface area contributed by atoms with Gasteiger partial charge in [-0.2, -0.15) is 0 Å². The van der Waals surface area contributed by atoms with Crippen LogP contribution in [-0.2, 0) is 9.47 Å². The number of nitrogens with zero attached hydrogens (tertiary/aromatic N) is 2. The van der Waals surface area contributed by atoms with Crippen molar-refractivity contribution in [2.24, 2.45) is 0 Å². The molecule has 20 heavy (non-hydrogen) atoms. The first-order chi connectivity index (χ1) is 9.81. The molecule has 1 aromatic carbocycles. The Kier molecular flexibility index (Phi) is 3.90. The van der Waals surface area contributed by atoms with Crippen molar-refractivity contribution in [2.75, 3.05) is 20.0 Å². The van der Waals surface area contributed by atoms with Gasteiger partial charge < -0.3 is 14.2 Å². The van der Waals surface area contributed by atoms with Crippen LogP contribution < -0.4 is 4.74 Å². The van der Waals surface area contributed by atoms with Crippen LogP contribution in [0.25, 0.3) is 11.4 Å². The van der Waals surface area contributed by atoms with Crippen LogP contribution in [0.2, 0.25) is 0 Å². The van der Waals surface area contributed by atoms with Crippen LogP contribution >= 0.6 is 0 Å². The van der Waals surface area contributed by atoms with Crippen molar-refractivity contribution in [3.05, 3.63) is 42.2 Å². The minimum atomic E-state index is 0.188. The third kappa shape index (κ3) is 3.53. The molecule has 0 aliphatic carbocycles. The minimum absolute atomic E-state index is 0.188. The summed E-state index contributed by atoms with van der Waals surface area (Å²) in [5.41, 5.74) is 2.20. The molecule has 1 aromatic heterocycles. The Morgan fingerprint density at radius 2 is 1.90 bits per heavy atom. The topological polar surface area (TPSA) is 56.8 Å². The molecular weight excluding hydrogens is 256 g/mol. The SMILES string of the molecule is Cc1ccc(-c2ncc(OCOCC3CO3)cn2)cc1. The molecule has 1 atom stereocenters. The van der Waals surface area contributed by atoms with Crippen LogP contribution in [0.4, 0.5) is 0 Å². The molecule has 1 aliphatic rings. The number of rotatable bonds is 6. The van der Waals surface area contributed by atoms with Gasteiger partial charge in [0.05, 0.1) is 25.6 Å². The fraction of sp³-hybridized carbons (Fsp3) is 0.333. The van der Waals surface area contributed by atoms with Gasteiger partial charge in [-0.25, -0.2) is 9.97 Å². The predicted octanol–water partition coefficient (Wildman–Crippen LogP) is 2.20. The highest BCUT2D eigenvalue weighted by molar-refractivity contribution is 5.55. The molecule has 5 heteroatoms. The quantitative estimate of drug-likeness (QED) is 0.458. The molecule has 0 amide bonds. The number of hydrogen-bond donors (Lipinski definition) is 0. The third-order valence-corrected chi connectivity index (χ3v) is 2.95. The van der Waals surface area contributed by atoms with Gasteiger partial charge in [0.1, 0.15) is 6.10 Å². The summed E-state index contributed by atoms with van der Waals surface area (Å²) < 4.78 is 15.7. The van der Waals surface area contributed by atoms with E-state index in [1.54, 1.807) is 12.4 Å². The number of aryl methyl sites for hydroxylation is 1. The van der Waals surface area contributed by atoms with E-state index in [2.05, 4.69) is 9.97 Å². The number of hydrogen-bond acceptors (Lipinski definition) is 5. The molecule has 1 aliphatic heterocycles. The van der Waals surface area contributed by atoms with Crippen LogP contribution in [0.5, 0.6) is 5.75 Å². The monoisotopic (exact) mass is 272 g/mol. The van der Waals surface area contributed by atoms with Crippen molar-refractivity contribution in [1.29, 1.82) is 0 Å². The smallest absolute Gasteiger partial charge is 0.189 e. The van der Waals surface area contributed by atoms with Gasteiger partial charge in [-0.15, -0.1) is 0 Å². The van der Waals surface area contributed by atoms with Crippen LogP contribution in [0.1, 0.15) is 5.56 Å². The Balaban J connectivity index is 1.54. The van der Waals surface area contributed by atoms with E-state index in [0.29, 0.717) is 18.2 Å². The highest BCUT2D eigenvalue weighted by Gasteiger charge is 2.22. The maximum atomic E-state index is 5.39. The zero-order chi connectivity index (χ0) is 13.8. The first-order valence-electron chi connectivity index (χ1n) is 6.52. The molecule has 1 unspecified atom stereocenters. The fourth-order valence-electron chi connectivity index (χ4n) is 1.70. The number of epoxide rings is 1. The van der Waals surface area contributed by atoms with Crippen molar-refractivity contribution < 1.29 is 14.2 Å². The van der Waals surface area contributed by atoms with Gasteiger partial charge in [0.15, 0.2) is 18.4 Å². The van der Waals surface area contributed by atoms with Gasteiger partial charge in [0.25, 0.3) is 0 Å². The van der Waals surface area contributed by atoms with Gasteiger partial charge in [0.2, 0.25) is 0 Å². The molecule has 1 fully saturated rings. The molecule has 0 saturated carbocycles. The van der Waals surface area contributed by atoms with E-state index < -0.39 is 0 Å². The fourth-order valence-corrected chi connectivity index (χ4v) is 1.70. The molecule has 1 saturated heterocycles. The Morgan fingerprint density at radius 1 is 1.20 bits per heavy atom. The molecule has 0 N–H and O–H groups in total. The van der Waals surface area contributed by atoms with Crippen LogP contribution in [0.15, 0.2) is 36.7 Å². The van der Waals surface area contributed by atoms with Crippen molar-refractivity contribution in [3.8, 4) is 17.1 Å². The molecule has 2 aromatic rings. The van der Waals surface area contributed by atoms with E-state index in [1.807, 2.05) is 31.2 Å². The molecule has 0 bridgehead atoms. The molecule has 3 rings (SSSR count). The summed E-state index contributed by atoms with van der Waals surface area (Å²) >= 11 is 0. The Hall–Kier alpha value is -1.98. The predicted molar refractivity (Wildman–Crippen MR) is 73.4 cm³/mol. The van der Waals surface area contributed by atoms with E-state index >= 15 is 0 Å². The molecule has 2 heterocycles. The second kappa shape index (κ2) is 5.98. The molecule has 5 nitrogen and oxygen atoms in total. The lowest BCUT2D eigenvalue weighted by atomic mass is 10.1. The number of aromatic nitrogens is 2. The Morgan fingerprint density at radius 3 is 2.55 bits per heavy atom. The maximum absolute atomic E-state index is 5.39. The van der Waals surface area contributed by atoms with E-state index in [0.717, 1.165) is 12.2 Å². The Labute approximate surface area is 117 Å². The zero-order valence-corrected chi connectivity index (χ0v) is 11.3. The van der Waals surface area contributed by atoms with Gasteiger partial charge in [-0.3, -0.25) is 0 Å². The summed E-state index contributed by atoms with van der Waals surface area (Å²) in [5.74, 6) is 1.28. The second-order valence-corrected chi connectivity index (χ2v) is 4.70. The largest absolute Gasteiger partial charge is 0.464 e. The minimum Gasteiger partial charge on any atom is -0.464 e. The summed E-state index contributed by atoms with van der Waals surface area (Å²) in [6, 6.07) is 8.09. The molecule has 104 valence electrons. The maximum Gasteiger partial charge on any atom is 0.189 e. The first-order valence-corrected chi connectivity index (χ1v) is 6.52. The average molecular weight is 272 g/mol. The van der Waals surface area contributed by atoms with Crippen molar-refractivity contribution in [1.82, 2.24) is 9.97 Å². The summed E-state index contributed by atoms with van der Waals surface area (Å²) in [6.45, 7) is 3.60. The second-order valence-electron chi connectivity index (χ2n) is 4.70. The van der Waals surface area contributed by atoms with E-state index in [4.69, 9.17) is 14.2 Å². The van der Waals surface area contributed by atoms with E-state index in [1.165, 1.54) is 5.56 Å². The first kappa shape index (κ1) is 13.0. The summed E-state index contributed by atoms with van der Waals surface area (Å²) in [4.78, 5) is 8.58. The van der Waals surface area contributed by atoms with Crippen molar-refractivity contribution in [2.45, 2.75) is 13.0 Å². The van der Waals surface area contributed by atoms with Crippen molar-refractivity contribution in [3.63, 3.8) is 0 Å². The summed E-state index contributed by atoms with van der Waals surface area (Å²) in [7, 11) is 0. The van der Waals surface area contributed by atoms with Crippen LogP contribution in [0, 0.1) is 6.92 Å².